The molecule has 0 aromatic heterocycles. The van der Waals surface area contributed by atoms with E-state index in [4.69, 9.17) is 5.73 Å². The highest BCUT2D eigenvalue weighted by Gasteiger charge is 2.21. The van der Waals surface area contributed by atoms with Gasteiger partial charge in [0.15, 0.2) is 0 Å². The minimum Gasteiger partial charge on any atom is -0.348 e. The highest BCUT2D eigenvalue weighted by molar-refractivity contribution is 5.77. The number of hydrogen-bond acceptors (Lipinski definition) is 3. The molecule has 1 unspecified atom stereocenters. The van der Waals surface area contributed by atoms with Crippen LogP contribution in [-0.4, -0.2) is 49.4 Å². The van der Waals surface area contributed by atoms with Gasteiger partial charge in [-0.1, -0.05) is 19.1 Å². The van der Waals surface area contributed by atoms with Crippen molar-refractivity contribution in [2.75, 3.05) is 33.7 Å². The minimum absolute atomic E-state index is 0.0216. The number of carbonyl (C=O) groups is 1. The van der Waals surface area contributed by atoms with Gasteiger partial charge in [-0.05, 0) is 30.7 Å². The largest absolute Gasteiger partial charge is 0.348 e. The van der Waals surface area contributed by atoms with Gasteiger partial charge in [0.05, 0.1) is 6.54 Å². The van der Waals surface area contributed by atoms with Gasteiger partial charge in [-0.2, -0.15) is 0 Å². The van der Waals surface area contributed by atoms with Gasteiger partial charge < -0.3 is 10.6 Å². The zero-order chi connectivity index (χ0) is 15.1. The third-order valence-corrected chi connectivity index (χ3v) is 3.25. The molecule has 0 aliphatic rings. The van der Waals surface area contributed by atoms with Crippen molar-refractivity contribution in [1.82, 2.24) is 9.80 Å². The van der Waals surface area contributed by atoms with Crippen LogP contribution in [0.1, 0.15) is 24.9 Å². The maximum atomic E-state index is 13.4. The van der Waals surface area contributed by atoms with Gasteiger partial charge >= 0.3 is 0 Å². The van der Waals surface area contributed by atoms with E-state index in [1.165, 1.54) is 12.1 Å². The second-order valence-corrected chi connectivity index (χ2v) is 5.07. The lowest BCUT2D eigenvalue weighted by atomic mass is 10.0. The summed E-state index contributed by atoms with van der Waals surface area (Å²) in [7, 11) is 3.46. The Labute approximate surface area is 120 Å². The molecule has 0 radical (unpaired) electrons. The van der Waals surface area contributed by atoms with Crippen LogP contribution in [0.3, 0.4) is 0 Å². The lowest BCUT2D eigenvalue weighted by Gasteiger charge is -2.31. The molecule has 4 nitrogen and oxygen atoms in total. The molecule has 5 heteroatoms. The first-order valence-electron chi connectivity index (χ1n) is 6.89. The maximum absolute atomic E-state index is 13.4. The third-order valence-electron chi connectivity index (χ3n) is 3.25. The molecule has 1 aromatic rings. The molecule has 0 saturated heterocycles. The molecule has 1 rings (SSSR count). The summed E-state index contributed by atoms with van der Waals surface area (Å²) in [6.45, 7) is 3.44. The third kappa shape index (κ3) is 4.58. The summed E-state index contributed by atoms with van der Waals surface area (Å²) in [5.74, 6) is -0.260. The first kappa shape index (κ1) is 16.6. The lowest BCUT2D eigenvalue weighted by molar-refractivity contribution is -0.130. The van der Waals surface area contributed by atoms with Crippen LogP contribution in [0.2, 0.25) is 0 Å². The van der Waals surface area contributed by atoms with Crippen LogP contribution in [0.4, 0.5) is 4.39 Å². The van der Waals surface area contributed by atoms with Crippen molar-refractivity contribution < 1.29 is 9.18 Å². The molecule has 1 atom stereocenters. The summed E-state index contributed by atoms with van der Waals surface area (Å²) in [4.78, 5) is 15.5. The topological polar surface area (TPSA) is 49.6 Å². The van der Waals surface area contributed by atoms with Gasteiger partial charge in [-0.25, -0.2) is 4.39 Å². The molecule has 20 heavy (non-hydrogen) atoms. The number of likely N-dealkylation sites (N-methyl/N-ethyl adjacent to an activating group) is 1. The van der Waals surface area contributed by atoms with Crippen molar-refractivity contribution in [3.05, 3.63) is 35.6 Å². The molecule has 1 amide bonds. The molecule has 0 saturated carbocycles. The maximum Gasteiger partial charge on any atom is 0.236 e. The average molecular weight is 281 g/mol. The predicted molar refractivity (Wildman–Crippen MR) is 78.8 cm³/mol. The van der Waals surface area contributed by atoms with Crippen LogP contribution in [0.5, 0.6) is 0 Å². The number of hydrogen-bond donors (Lipinski definition) is 1. The Kier molecular flexibility index (Phi) is 6.61. The Bertz CT molecular complexity index is 437. The Balaban J connectivity index is 2.94. The van der Waals surface area contributed by atoms with E-state index in [-0.39, 0.29) is 17.8 Å². The SMILES string of the molecule is CCCN(CC(=O)N(C)C)C(CN)c1cccc(F)c1. The normalized spacial score (nSPS) is 12.5. The molecule has 2 N–H and O–H groups in total. The van der Waals surface area contributed by atoms with Crippen LogP contribution in [0.25, 0.3) is 0 Å². The number of halogens is 1. The summed E-state index contributed by atoms with van der Waals surface area (Å²) >= 11 is 0. The van der Waals surface area contributed by atoms with Crippen LogP contribution < -0.4 is 5.73 Å². The molecule has 112 valence electrons. The first-order chi connectivity index (χ1) is 9.49. The fourth-order valence-corrected chi connectivity index (χ4v) is 2.16. The van der Waals surface area contributed by atoms with E-state index in [0.717, 1.165) is 18.5 Å². The molecule has 1 aromatic carbocycles. The second kappa shape index (κ2) is 7.97. The number of nitrogens with zero attached hydrogens (tertiary/aromatic N) is 2. The highest BCUT2D eigenvalue weighted by atomic mass is 19.1. The van der Waals surface area contributed by atoms with E-state index < -0.39 is 0 Å². The molecule has 0 bridgehead atoms. The van der Waals surface area contributed by atoms with Gasteiger partial charge in [0.1, 0.15) is 5.82 Å². The zero-order valence-electron chi connectivity index (χ0n) is 12.5. The highest BCUT2D eigenvalue weighted by Crippen LogP contribution is 2.20. The number of amides is 1. The van der Waals surface area contributed by atoms with Gasteiger partial charge in [0, 0.05) is 26.7 Å². The van der Waals surface area contributed by atoms with Crippen LogP contribution in [-0.2, 0) is 4.79 Å². The molecule has 0 spiro atoms. The van der Waals surface area contributed by atoms with Crippen molar-refractivity contribution in [3.63, 3.8) is 0 Å². The number of rotatable bonds is 7. The predicted octanol–water partition coefficient (Wildman–Crippen LogP) is 1.63. The smallest absolute Gasteiger partial charge is 0.236 e. The van der Waals surface area contributed by atoms with Gasteiger partial charge in [0.25, 0.3) is 0 Å². The van der Waals surface area contributed by atoms with E-state index in [1.54, 1.807) is 25.1 Å². The van der Waals surface area contributed by atoms with E-state index in [0.29, 0.717) is 13.1 Å². The summed E-state index contributed by atoms with van der Waals surface area (Å²) < 4.78 is 13.4. The van der Waals surface area contributed by atoms with E-state index >= 15 is 0 Å². The molecule has 0 aliphatic carbocycles. The van der Waals surface area contributed by atoms with E-state index in [1.807, 2.05) is 17.9 Å². The Hall–Kier alpha value is -1.46. The van der Waals surface area contributed by atoms with Crippen LogP contribution >= 0.6 is 0 Å². The van der Waals surface area contributed by atoms with E-state index in [9.17, 15) is 9.18 Å². The van der Waals surface area contributed by atoms with Crippen molar-refractivity contribution in [2.24, 2.45) is 5.73 Å². The fourth-order valence-electron chi connectivity index (χ4n) is 2.16. The summed E-state index contributed by atoms with van der Waals surface area (Å²) in [5, 5.41) is 0. The second-order valence-electron chi connectivity index (χ2n) is 5.07. The van der Waals surface area contributed by atoms with Crippen LogP contribution in [0, 0.1) is 5.82 Å². The van der Waals surface area contributed by atoms with Crippen molar-refractivity contribution >= 4 is 5.91 Å². The number of nitrogens with two attached hydrogens (primary N) is 1. The quantitative estimate of drug-likeness (QED) is 0.826. The van der Waals surface area contributed by atoms with Gasteiger partial charge in [-0.15, -0.1) is 0 Å². The lowest BCUT2D eigenvalue weighted by Crippen LogP contribution is -2.41. The van der Waals surface area contributed by atoms with E-state index in [2.05, 4.69) is 0 Å². The molecule has 0 aliphatic heterocycles. The molecule has 0 fully saturated rings. The molecular weight excluding hydrogens is 257 g/mol. The Morgan fingerprint density at radius 3 is 2.60 bits per heavy atom. The first-order valence-corrected chi connectivity index (χ1v) is 6.89. The summed E-state index contributed by atoms with van der Waals surface area (Å²) in [6.07, 6.45) is 0.909. The number of benzene rings is 1. The standard InChI is InChI=1S/C15H24FN3O/c1-4-8-19(11-15(20)18(2)3)14(10-17)12-6-5-7-13(16)9-12/h5-7,9,14H,4,8,10-11,17H2,1-3H3. The monoisotopic (exact) mass is 281 g/mol. The summed E-state index contributed by atoms with van der Waals surface area (Å²) in [5.41, 5.74) is 6.66. The van der Waals surface area contributed by atoms with Crippen molar-refractivity contribution in [1.29, 1.82) is 0 Å². The fraction of sp³-hybridized carbons (Fsp3) is 0.533. The minimum atomic E-state index is -0.281. The van der Waals surface area contributed by atoms with Crippen molar-refractivity contribution in [3.8, 4) is 0 Å². The Morgan fingerprint density at radius 1 is 1.40 bits per heavy atom. The van der Waals surface area contributed by atoms with Gasteiger partial charge in [-0.3, -0.25) is 9.69 Å². The summed E-state index contributed by atoms with van der Waals surface area (Å²) in [6, 6.07) is 6.27. The van der Waals surface area contributed by atoms with Gasteiger partial charge in [0.2, 0.25) is 5.91 Å². The molecular formula is C15H24FN3O. The van der Waals surface area contributed by atoms with Crippen LogP contribution in [0.15, 0.2) is 24.3 Å². The molecule has 0 heterocycles. The zero-order valence-corrected chi connectivity index (χ0v) is 12.5. The van der Waals surface area contributed by atoms with Crippen molar-refractivity contribution in [2.45, 2.75) is 19.4 Å². The number of carbonyl (C=O) groups excluding carboxylic acids is 1. The Morgan fingerprint density at radius 2 is 2.10 bits per heavy atom. The average Bonchev–Trinajstić information content (AvgIpc) is 2.39.